The summed E-state index contributed by atoms with van der Waals surface area (Å²) in [6.45, 7) is 0. The van der Waals surface area contributed by atoms with Crippen LogP contribution >= 0.6 is 34.8 Å². The molecule has 2 aromatic carbocycles. The maximum Gasteiger partial charge on any atom is 0.0998 e. The molecule has 0 bridgehead atoms. The van der Waals surface area contributed by atoms with E-state index in [-0.39, 0.29) is 0 Å². The third-order valence-electron chi connectivity index (χ3n) is 3.32. The fraction of sp³-hybridized carbons (Fsp3) is 0. The molecule has 0 atom stereocenters. The van der Waals surface area contributed by atoms with E-state index in [0.717, 1.165) is 16.5 Å². The minimum atomic E-state index is 0.358. The number of hydrogen-bond donors (Lipinski definition) is 1. The smallest absolute Gasteiger partial charge is 0.0998 e. The predicted octanol–water partition coefficient (Wildman–Crippen LogP) is 6.19. The van der Waals surface area contributed by atoms with Crippen molar-refractivity contribution in [3.8, 4) is 6.07 Å². The third kappa shape index (κ3) is 2.71. The quantitative estimate of drug-likeness (QED) is 0.435. The van der Waals surface area contributed by atoms with Gasteiger partial charge in [-0.3, -0.25) is 0 Å². The first-order chi connectivity index (χ1) is 10.6. The zero-order valence-corrected chi connectivity index (χ0v) is 13.5. The number of nitrogens with one attached hydrogen (secondary N) is 1. The molecule has 0 amide bonds. The number of nitrogens with zero attached hydrogens (tertiary/aromatic N) is 1. The van der Waals surface area contributed by atoms with Gasteiger partial charge in [-0.05, 0) is 29.8 Å². The largest absolute Gasteiger partial charge is 0.361 e. The molecule has 22 heavy (non-hydrogen) atoms. The first-order valence-electron chi connectivity index (χ1n) is 6.43. The van der Waals surface area contributed by atoms with Gasteiger partial charge in [0, 0.05) is 27.7 Å². The van der Waals surface area contributed by atoms with Crippen LogP contribution in [0.4, 0.5) is 0 Å². The van der Waals surface area contributed by atoms with Gasteiger partial charge in [0.25, 0.3) is 0 Å². The van der Waals surface area contributed by atoms with Gasteiger partial charge in [-0.2, -0.15) is 5.26 Å². The van der Waals surface area contributed by atoms with Crippen LogP contribution in [-0.4, -0.2) is 4.98 Å². The normalized spacial score (nSPS) is 11.6. The monoisotopic (exact) mass is 346 g/mol. The van der Waals surface area contributed by atoms with Gasteiger partial charge in [-0.15, -0.1) is 0 Å². The number of rotatable bonds is 2. The lowest BCUT2D eigenvalue weighted by Crippen LogP contribution is -1.83. The number of halogens is 3. The highest BCUT2D eigenvalue weighted by molar-refractivity contribution is 6.44. The Morgan fingerprint density at radius 1 is 1.14 bits per heavy atom. The first kappa shape index (κ1) is 15.0. The van der Waals surface area contributed by atoms with Crippen molar-refractivity contribution in [2.75, 3.05) is 0 Å². The summed E-state index contributed by atoms with van der Waals surface area (Å²) in [6.07, 6.45) is 3.50. The van der Waals surface area contributed by atoms with Crippen molar-refractivity contribution in [1.29, 1.82) is 5.26 Å². The number of para-hydroxylation sites is 1. The lowest BCUT2D eigenvalue weighted by atomic mass is 10.0. The molecule has 5 heteroatoms. The standard InChI is InChI=1S/C17H9Cl3N2/c18-12-6-10(17(20)15(19)7-12)5-11(8-21)14-9-22-16-4-2-1-3-13(14)16/h1-7,9,22H/b11-5-. The molecule has 0 saturated carbocycles. The Balaban J connectivity index is 2.18. The van der Waals surface area contributed by atoms with E-state index in [2.05, 4.69) is 11.1 Å². The fourth-order valence-electron chi connectivity index (χ4n) is 2.30. The topological polar surface area (TPSA) is 39.6 Å². The molecule has 2 nitrogen and oxygen atoms in total. The first-order valence-corrected chi connectivity index (χ1v) is 7.56. The van der Waals surface area contributed by atoms with E-state index in [0.29, 0.717) is 26.2 Å². The second-order valence-electron chi connectivity index (χ2n) is 4.71. The van der Waals surface area contributed by atoms with E-state index in [1.807, 2.05) is 24.3 Å². The Labute approximate surface area is 142 Å². The van der Waals surface area contributed by atoms with Gasteiger partial charge in [-0.1, -0.05) is 53.0 Å². The molecule has 0 aliphatic rings. The highest BCUT2D eigenvalue weighted by atomic mass is 35.5. The Morgan fingerprint density at radius 3 is 2.68 bits per heavy atom. The summed E-state index contributed by atoms with van der Waals surface area (Å²) >= 11 is 18.2. The summed E-state index contributed by atoms with van der Waals surface area (Å²) in [6, 6.07) is 13.2. The molecule has 0 unspecified atom stereocenters. The van der Waals surface area contributed by atoms with Crippen LogP contribution in [0, 0.1) is 11.3 Å². The maximum atomic E-state index is 9.51. The van der Waals surface area contributed by atoms with Crippen molar-refractivity contribution < 1.29 is 0 Å². The molecule has 108 valence electrons. The SMILES string of the molecule is N#C/C(=C/c1cc(Cl)cc(Cl)c1Cl)c1c[nH]c2ccccc12. The van der Waals surface area contributed by atoms with Gasteiger partial charge < -0.3 is 4.98 Å². The Bertz CT molecular complexity index is 933. The molecule has 0 aliphatic carbocycles. The zero-order chi connectivity index (χ0) is 15.7. The summed E-state index contributed by atoms with van der Waals surface area (Å²) in [4.78, 5) is 3.15. The predicted molar refractivity (Wildman–Crippen MR) is 93.3 cm³/mol. The van der Waals surface area contributed by atoms with Crippen molar-refractivity contribution in [2.24, 2.45) is 0 Å². The van der Waals surface area contributed by atoms with Crippen molar-refractivity contribution in [3.63, 3.8) is 0 Å². The number of aromatic nitrogens is 1. The lowest BCUT2D eigenvalue weighted by Gasteiger charge is -2.04. The van der Waals surface area contributed by atoms with E-state index < -0.39 is 0 Å². The Hall–Kier alpha value is -1.92. The van der Waals surface area contributed by atoms with E-state index in [1.165, 1.54) is 0 Å². The molecule has 0 aliphatic heterocycles. The molecular weight excluding hydrogens is 339 g/mol. The van der Waals surface area contributed by atoms with Crippen LogP contribution < -0.4 is 0 Å². The number of H-pyrrole nitrogens is 1. The van der Waals surface area contributed by atoms with E-state index in [4.69, 9.17) is 34.8 Å². The third-order valence-corrected chi connectivity index (χ3v) is 4.36. The number of nitriles is 1. The summed E-state index contributed by atoms with van der Waals surface area (Å²) in [5.74, 6) is 0. The molecule has 0 spiro atoms. The van der Waals surface area contributed by atoms with Gasteiger partial charge in [0.05, 0.1) is 21.7 Å². The molecular formula is C17H9Cl3N2. The Kier molecular flexibility index (Phi) is 4.13. The van der Waals surface area contributed by atoms with Crippen LogP contribution in [0.25, 0.3) is 22.6 Å². The Morgan fingerprint density at radius 2 is 1.91 bits per heavy atom. The lowest BCUT2D eigenvalue weighted by molar-refractivity contribution is 1.46. The van der Waals surface area contributed by atoms with Crippen LogP contribution in [-0.2, 0) is 0 Å². The number of hydrogen-bond acceptors (Lipinski definition) is 1. The van der Waals surface area contributed by atoms with E-state index in [9.17, 15) is 5.26 Å². The van der Waals surface area contributed by atoms with Crippen molar-refractivity contribution in [1.82, 2.24) is 4.98 Å². The highest BCUT2D eigenvalue weighted by Crippen LogP contribution is 2.33. The molecule has 0 radical (unpaired) electrons. The van der Waals surface area contributed by atoms with Gasteiger partial charge in [0.2, 0.25) is 0 Å². The second kappa shape index (κ2) is 6.06. The van der Waals surface area contributed by atoms with Gasteiger partial charge >= 0.3 is 0 Å². The van der Waals surface area contributed by atoms with Gasteiger partial charge in [0.1, 0.15) is 0 Å². The summed E-state index contributed by atoms with van der Waals surface area (Å²) in [7, 11) is 0. The molecule has 0 saturated heterocycles. The average Bonchev–Trinajstić information content (AvgIpc) is 2.93. The highest BCUT2D eigenvalue weighted by Gasteiger charge is 2.11. The second-order valence-corrected chi connectivity index (χ2v) is 5.93. The van der Waals surface area contributed by atoms with Crippen LogP contribution in [0.5, 0.6) is 0 Å². The van der Waals surface area contributed by atoms with Crippen molar-refractivity contribution >= 4 is 57.4 Å². The number of aromatic amines is 1. The molecule has 1 heterocycles. The zero-order valence-electron chi connectivity index (χ0n) is 11.2. The van der Waals surface area contributed by atoms with Gasteiger partial charge in [-0.25, -0.2) is 0 Å². The van der Waals surface area contributed by atoms with Crippen LogP contribution in [0.1, 0.15) is 11.1 Å². The molecule has 1 aromatic heterocycles. The number of fused-ring (bicyclic) bond motifs is 1. The number of benzene rings is 2. The van der Waals surface area contributed by atoms with Crippen LogP contribution in [0.3, 0.4) is 0 Å². The van der Waals surface area contributed by atoms with Crippen LogP contribution in [0.15, 0.2) is 42.6 Å². The van der Waals surface area contributed by atoms with Crippen LogP contribution in [0.2, 0.25) is 15.1 Å². The van der Waals surface area contributed by atoms with Gasteiger partial charge in [0.15, 0.2) is 0 Å². The molecule has 3 aromatic rings. The summed E-state index contributed by atoms with van der Waals surface area (Å²) in [5.41, 5.74) is 2.87. The summed E-state index contributed by atoms with van der Waals surface area (Å²) < 4.78 is 0. The van der Waals surface area contributed by atoms with Crippen molar-refractivity contribution in [3.05, 3.63) is 68.8 Å². The summed E-state index contributed by atoms with van der Waals surface area (Å²) in [5, 5.41) is 11.7. The fourth-order valence-corrected chi connectivity index (χ4v) is 2.97. The maximum absolute atomic E-state index is 9.51. The molecule has 0 fully saturated rings. The van der Waals surface area contributed by atoms with Crippen molar-refractivity contribution in [2.45, 2.75) is 0 Å². The van der Waals surface area contributed by atoms with E-state index >= 15 is 0 Å². The average molecular weight is 348 g/mol. The van der Waals surface area contributed by atoms with E-state index in [1.54, 1.807) is 24.4 Å². The minimum absolute atomic E-state index is 0.358. The minimum Gasteiger partial charge on any atom is -0.361 e. The number of allylic oxidation sites excluding steroid dienone is 1. The molecule has 1 N–H and O–H groups in total. The molecule has 3 rings (SSSR count).